The van der Waals surface area contributed by atoms with Gasteiger partial charge in [0.2, 0.25) is 0 Å². The molecule has 0 saturated carbocycles. The van der Waals surface area contributed by atoms with E-state index in [2.05, 4.69) is 24.1 Å². The van der Waals surface area contributed by atoms with Crippen LogP contribution in [0.15, 0.2) is 29.2 Å². The maximum absolute atomic E-state index is 13.1. The predicted molar refractivity (Wildman–Crippen MR) is 139 cm³/mol. The second kappa shape index (κ2) is 9.76. The molecule has 1 aromatic carbocycles. The van der Waals surface area contributed by atoms with Crippen LogP contribution in [0.25, 0.3) is 21.7 Å². The van der Waals surface area contributed by atoms with Gasteiger partial charge in [-0.15, -0.1) is 0 Å². The summed E-state index contributed by atoms with van der Waals surface area (Å²) in [7, 11) is 3.32. The summed E-state index contributed by atoms with van der Waals surface area (Å²) in [4.78, 5) is 29.9. The molecule has 1 atom stereocenters. The molecule has 35 heavy (non-hydrogen) atoms. The van der Waals surface area contributed by atoms with Gasteiger partial charge in [0.25, 0.3) is 5.56 Å². The van der Waals surface area contributed by atoms with Gasteiger partial charge in [0.15, 0.2) is 11.5 Å². The second-order valence-electron chi connectivity index (χ2n) is 10.8. The number of carbonyl (C=O) groups is 1. The molecule has 3 aromatic rings. The lowest BCUT2D eigenvalue weighted by Gasteiger charge is -2.33. The molecular weight excluding hydrogens is 446 g/mol. The highest BCUT2D eigenvalue weighted by molar-refractivity contribution is 6.07. The van der Waals surface area contributed by atoms with Crippen LogP contribution in [0.3, 0.4) is 0 Å². The van der Waals surface area contributed by atoms with Crippen LogP contribution < -0.4 is 20.3 Å². The van der Waals surface area contributed by atoms with Gasteiger partial charge in [-0.3, -0.25) is 9.78 Å². The van der Waals surface area contributed by atoms with Crippen molar-refractivity contribution in [3.8, 4) is 11.5 Å². The monoisotopic (exact) mass is 483 g/mol. The quantitative estimate of drug-likeness (QED) is 0.470. The van der Waals surface area contributed by atoms with Gasteiger partial charge in [-0.25, -0.2) is 4.79 Å². The molecule has 0 aliphatic rings. The third-order valence-electron chi connectivity index (χ3n) is 5.80. The van der Waals surface area contributed by atoms with E-state index in [0.29, 0.717) is 34.9 Å². The van der Waals surface area contributed by atoms with Crippen molar-refractivity contribution in [2.75, 3.05) is 13.7 Å². The third-order valence-corrected chi connectivity index (χ3v) is 5.80. The van der Waals surface area contributed by atoms with E-state index in [1.807, 2.05) is 52.8 Å². The first-order valence-electron chi connectivity index (χ1n) is 11.8. The number of benzene rings is 1. The number of alkyl carbamates (subject to hydrolysis) is 1. The van der Waals surface area contributed by atoms with E-state index in [0.717, 1.165) is 16.3 Å². The van der Waals surface area contributed by atoms with E-state index in [1.165, 1.54) is 0 Å². The summed E-state index contributed by atoms with van der Waals surface area (Å²) in [6, 6.07) is 5.54. The minimum absolute atomic E-state index is 0.120. The van der Waals surface area contributed by atoms with Crippen LogP contribution in [-0.2, 0) is 11.8 Å². The summed E-state index contributed by atoms with van der Waals surface area (Å²) in [6.45, 7) is 13.6. The maximum atomic E-state index is 13.1. The van der Waals surface area contributed by atoms with Crippen LogP contribution in [0.5, 0.6) is 11.5 Å². The SMILES string of the molecule is COc1cc2c3ccnc(C)c3c(=O)n(C)c2cc1OCC(C)(CC(C)C)NC(=O)OC(C)(C)C. The lowest BCUT2D eigenvalue weighted by Crippen LogP contribution is -2.52. The molecule has 8 nitrogen and oxygen atoms in total. The average Bonchev–Trinajstić information content (AvgIpc) is 2.73. The zero-order valence-corrected chi connectivity index (χ0v) is 22.2. The van der Waals surface area contributed by atoms with Crippen LogP contribution in [0.4, 0.5) is 4.79 Å². The minimum atomic E-state index is -0.686. The van der Waals surface area contributed by atoms with Crippen LogP contribution in [0, 0.1) is 12.8 Å². The number of nitrogens with one attached hydrogen (secondary N) is 1. The summed E-state index contributed by atoms with van der Waals surface area (Å²) in [5, 5.41) is 5.26. The largest absolute Gasteiger partial charge is 0.493 e. The van der Waals surface area contributed by atoms with Crippen LogP contribution >= 0.6 is 0 Å². The molecule has 2 aromatic heterocycles. The third kappa shape index (κ3) is 5.86. The fourth-order valence-electron chi connectivity index (χ4n) is 4.49. The molecular formula is C27H37N3O5. The van der Waals surface area contributed by atoms with Crippen molar-refractivity contribution in [1.29, 1.82) is 0 Å². The second-order valence-corrected chi connectivity index (χ2v) is 10.8. The van der Waals surface area contributed by atoms with Crippen LogP contribution in [0.2, 0.25) is 0 Å². The number of fused-ring (bicyclic) bond motifs is 3. The highest BCUT2D eigenvalue weighted by atomic mass is 16.6. The van der Waals surface area contributed by atoms with Gasteiger partial charge in [0, 0.05) is 30.1 Å². The van der Waals surface area contributed by atoms with Gasteiger partial charge in [0.05, 0.1) is 29.2 Å². The van der Waals surface area contributed by atoms with Crippen molar-refractivity contribution in [1.82, 2.24) is 14.9 Å². The van der Waals surface area contributed by atoms with E-state index in [9.17, 15) is 9.59 Å². The number of aromatic nitrogens is 2. The number of amides is 1. The molecule has 0 bridgehead atoms. The molecule has 190 valence electrons. The van der Waals surface area contributed by atoms with E-state index >= 15 is 0 Å². The Kier molecular flexibility index (Phi) is 7.34. The van der Waals surface area contributed by atoms with Gasteiger partial charge in [-0.2, -0.15) is 0 Å². The molecule has 3 rings (SSSR count). The number of ether oxygens (including phenoxy) is 3. The first kappa shape index (κ1) is 26.3. The lowest BCUT2D eigenvalue weighted by molar-refractivity contribution is 0.0407. The molecule has 0 fully saturated rings. The predicted octanol–water partition coefficient (Wildman–Crippen LogP) is 5.11. The van der Waals surface area contributed by atoms with Crippen LogP contribution in [0.1, 0.15) is 53.7 Å². The molecule has 0 radical (unpaired) electrons. The fourth-order valence-corrected chi connectivity index (χ4v) is 4.49. The number of aryl methyl sites for hydroxylation is 2. The Labute approximate surface area is 206 Å². The molecule has 0 aliphatic carbocycles. The number of hydrogen-bond donors (Lipinski definition) is 1. The van der Waals surface area contributed by atoms with Crippen molar-refractivity contribution >= 4 is 27.8 Å². The molecule has 0 spiro atoms. The first-order valence-corrected chi connectivity index (χ1v) is 11.8. The molecule has 1 unspecified atom stereocenters. The van der Waals surface area contributed by atoms with Gasteiger partial charge < -0.3 is 24.1 Å². The van der Waals surface area contributed by atoms with Crippen molar-refractivity contribution < 1.29 is 19.0 Å². The Morgan fingerprint density at radius 2 is 1.83 bits per heavy atom. The Balaban J connectivity index is 2.02. The molecule has 1 N–H and O–H groups in total. The summed E-state index contributed by atoms with van der Waals surface area (Å²) >= 11 is 0. The number of carbonyl (C=O) groups excluding carboxylic acids is 1. The van der Waals surface area contributed by atoms with Crippen molar-refractivity contribution in [3.05, 3.63) is 40.4 Å². The summed E-state index contributed by atoms with van der Waals surface area (Å²) < 4.78 is 19.0. The van der Waals surface area contributed by atoms with Gasteiger partial charge in [-0.05, 0) is 59.1 Å². The summed E-state index contributed by atoms with van der Waals surface area (Å²) in [5.74, 6) is 1.33. The molecule has 0 saturated heterocycles. The zero-order valence-electron chi connectivity index (χ0n) is 22.2. The summed E-state index contributed by atoms with van der Waals surface area (Å²) in [5.41, 5.74) is -0.0109. The Hall–Kier alpha value is -3.29. The lowest BCUT2D eigenvalue weighted by atomic mass is 9.91. The van der Waals surface area contributed by atoms with Gasteiger partial charge in [0.1, 0.15) is 12.2 Å². The maximum Gasteiger partial charge on any atom is 0.408 e. The number of nitrogens with zero attached hydrogens (tertiary/aromatic N) is 2. The normalized spacial score (nSPS) is 13.7. The topological polar surface area (TPSA) is 91.7 Å². The molecule has 2 heterocycles. The standard InChI is InChI=1S/C27H37N3O5/c1-16(2)14-27(7,29-25(32)35-26(4,5)6)15-34-22-13-20-19(12-21(22)33-9)18-10-11-28-17(3)23(18)24(31)30(20)8/h10-13,16H,14-15H2,1-9H3,(H,29,32). The first-order chi connectivity index (χ1) is 16.2. The Bertz CT molecular complexity index is 1310. The van der Waals surface area contributed by atoms with E-state index in [1.54, 1.807) is 24.9 Å². The molecule has 1 amide bonds. The highest BCUT2D eigenvalue weighted by Crippen LogP contribution is 2.35. The average molecular weight is 484 g/mol. The highest BCUT2D eigenvalue weighted by Gasteiger charge is 2.31. The van der Waals surface area contributed by atoms with Crippen LogP contribution in [-0.4, -0.2) is 40.5 Å². The van der Waals surface area contributed by atoms with E-state index < -0.39 is 17.2 Å². The number of hydrogen-bond acceptors (Lipinski definition) is 6. The van der Waals surface area contributed by atoms with Crippen molar-refractivity contribution in [3.63, 3.8) is 0 Å². The smallest absolute Gasteiger partial charge is 0.408 e. The van der Waals surface area contributed by atoms with Gasteiger partial charge >= 0.3 is 6.09 Å². The van der Waals surface area contributed by atoms with E-state index in [4.69, 9.17) is 14.2 Å². The molecule has 0 aliphatic heterocycles. The number of pyridine rings is 2. The van der Waals surface area contributed by atoms with Crippen molar-refractivity contribution in [2.24, 2.45) is 13.0 Å². The Morgan fingerprint density at radius 1 is 1.14 bits per heavy atom. The van der Waals surface area contributed by atoms with E-state index in [-0.39, 0.29) is 12.2 Å². The van der Waals surface area contributed by atoms with Gasteiger partial charge in [-0.1, -0.05) is 13.8 Å². The van der Waals surface area contributed by atoms with Crippen molar-refractivity contribution in [2.45, 2.75) is 66.0 Å². The number of rotatable bonds is 7. The Morgan fingerprint density at radius 3 is 2.43 bits per heavy atom. The molecule has 8 heteroatoms. The summed E-state index contributed by atoms with van der Waals surface area (Å²) in [6.07, 6.45) is 1.89. The number of methoxy groups -OCH3 is 1. The fraction of sp³-hybridized carbons (Fsp3) is 0.519. The minimum Gasteiger partial charge on any atom is -0.493 e. The zero-order chi connectivity index (χ0) is 26.1.